The van der Waals surface area contributed by atoms with Gasteiger partial charge in [-0.15, -0.1) is 0 Å². The van der Waals surface area contributed by atoms with Gasteiger partial charge in [-0.25, -0.2) is 0 Å². The monoisotopic (exact) mass is 271 g/mol. The molecule has 2 heterocycles. The lowest BCUT2D eigenvalue weighted by Crippen LogP contribution is -2.49. The topological polar surface area (TPSA) is 40.5 Å². The number of aliphatic carboxylic acids is 1. The van der Waals surface area contributed by atoms with E-state index in [2.05, 4.69) is 18.7 Å². The SMILES string of the molecule is CCC1(C(=O)O)CCN(C2CSCCC2(C)C)C1. The van der Waals surface area contributed by atoms with E-state index in [0.29, 0.717) is 11.5 Å². The third kappa shape index (κ3) is 2.42. The van der Waals surface area contributed by atoms with Crippen molar-refractivity contribution in [1.82, 2.24) is 4.90 Å². The first-order chi connectivity index (χ1) is 8.41. The van der Waals surface area contributed by atoms with Crippen LogP contribution in [-0.4, -0.2) is 46.6 Å². The highest BCUT2D eigenvalue weighted by atomic mass is 32.2. The second kappa shape index (κ2) is 5.04. The van der Waals surface area contributed by atoms with Gasteiger partial charge in [0.25, 0.3) is 0 Å². The lowest BCUT2D eigenvalue weighted by molar-refractivity contribution is -0.148. The molecular formula is C14H25NO2S. The van der Waals surface area contributed by atoms with E-state index in [9.17, 15) is 9.90 Å². The van der Waals surface area contributed by atoms with E-state index < -0.39 is 11.4 Å². The van der Waals surface area contributed by atoms with Crippen LogP contribution in [0.15, 0.2) is 0 Å². The van der Waals surface area contributed by atoms with Crippen molar-refractivity contribution in [2.75, 3.05) is 24.6 Å². The van der Waals surface area contributed by atoms with Gasteiger partial charge in [0.15, 0.2) is 0 Å². The Morgan fingerprint density at radius 3 is 2.67 bits per heavy atom. The standard InChI is InChI=1S/C14H25NO2S/c1-4-14(12(16)17)5-7-15(10-14)11-9-18-8-6-13(11,2)3/h11H,4-10H2,1-3H3,(H,16,17). The van der Waals surface area contributed by atoms with Crippen molar-refractivity contribution in [1.29, 1.82) is 0 Å². The molecule has 18 heavy (non-hydrogen) atoms. The molecule has 2 unspecified atom stereocenters. The summed E-state index contributed by atoms with van der Waals surface area (Å²) in [6, 6.07) is 0.545. The number of likely N-dealkylation sites (tertiary alicyclic amines) is 1. The lowest BCUT2D eigenvalue weighted by atomic mass is 9.81. The number of rotatable bonds is 3. The van der Waals surface area contributed by atoms with E-state index >= 15 is 0 Å². The Hall–Kier alpha value is -0.220. The Balaban J connectivity index is 2.10. The van der Waals surface area contributed by atoms with Gasteiger partial charge in [0.2, 0.25) is 0 Å². The molecule has 2 rings (SSSR count). The zero-order valence-electron chi connectivity index (χ0n) is 11.7. The molecule has 0 bridgehead atoms. The zero-order chi connectivity index (χ0) is 13.4. The summed E-state index contributed by atoms with van der Waals surface area (Å²) in [5, 5.41) is 9.48. The van der Waals surface area contributed by atoms with Crippen LogP contribution in [0, 0.1) is 10.8 Å². The molecule has 2 aliphatic rings. The van der Waals surface area contributed by atoms with Gasteiger partial charge >= 0.3 is 5.97 Å². The van der Waals surface area contributed by atoms with Crippen molar-refractivity contribution in [2.24, 2.45) is 10.8 Å². The molecule has 2 atom stereocenters. The molecule has 4 heteroatoms. The first-order valence-corrected chi connectivity index (χ1v) is 8.12. The predicted molar refractivity (Wildman–Crippen MR) is 76.1 cm³/mol. The molecule has 2 fully saturated rings. The molecule has 0 aromatic rings. The number of hydrogen-bond acceptors (Lipinski definition) is 3. The highest BCUT2D eigenvalue weighted by molar-refractivity contribution is 7.99. The van der Waals surface area contributed by atoms with Gasteiger partial charge in [-0.3, -0.25) is 9.69 Å². The number of carboxylic acids is 1. The summed E-state index contributed by atoms with van der Waals surface area (Å²) in [5.74, 6) is 1.80. The quantitative estimate of drug-likeness (QED) is 0.857. The van der Waals surface area contributed by atoms with E-state index in [1.807, 2.05) is 18.7 Å². The van der Waals surface area contributed by atoms with Crippen LogP contribution in [0.2, 0.25) is 0 Å². The molecule has 3 nitrogen and oxygen atoms in total. The van der Waals surface area contributed by atoms with Crippen molar-refractivity contribution >= 4 is 17.7 Å². The maximum Gasteiger partial charge on any atom is 0.310 e. The normalized spacial score (nSPS) is 36.7. The number of hydrogen-bond donors (Lipinski definition) is 1. The summed E-state index contributed by atoms with van der Waals surface area (Å²) >= 11 is 2.02. The van der Waals surface area contributed by atoms with E-state index in [4.69, 9.17) is 0 Å². The average molecular weight is 271 g/mol. The van der Waals surface area contributed by atoms with Gasteiger partial charge in [0.05, 0.1) is 5.41 Å². The second-order valence-electron chi connectivity index (χ2n) is 6.49. The fraction of sp³-hybridized carbons (Fsp3) is 0.929. The third-order valence-corrected chi connectivity index (χ3v) is 6.07. The molecule has 0 spiro atoms. The number of nitrogens with zero attached hydrogens (tertiary/aromatic N) is 1. The summed E-state index contributed by atoms with van der Waals surface area (Å²) < 4.78 is 0. The number of carbonyl (C=O) groups is 1. The molecule has 2 saturated heterocycles. The summed E-state index contributed by atoms with van der Waals surface area (Å²) in [6.45, 7) is 8.38. The Morgan fingerprint density at radius 2 is 2.17 bits per heavy atom. The first kappa shape index (κ1) is 14.2. The molecule has 0 aromatic carbocycles. The second-order valence-corrected chi connectivity index (χ2v) is 7.64. The van der Waals surface area contributed by atoms with E-state index in [-0.39, 0.29) is 0 Å². The minimum absolute atomic E-state index is 0.327. The molecule has 104 valence electrons. The van der Waals surface area contributed by atoms with Crippen LogP contribution in [0.5, 0.6) is 0 Å². The number of thioether (sulfide) groups is 1. The Kier molecular flexibility index (Phi) is 3.98. The average Bonchev–Trinajstić information content (AvgIpc) is 2.74. The van der Waals surface area contributed by atoms with Crippen LogP contribution in [0.1, 0.15) is 40.0 Å². The molecular weight excluding hydrogens is 246 g/mol. The fourth-order valence-electron chi connectivity index (χ4n) is 3.31. The minimum atomic E-state index is -0.603. The van der Waals surface area contributed by atoms with Crippen LogP contribution in [0.3, 0.4) is 0 Å². The highest BCUT2D eigenvalue weighted by Crippen LogP contribution is 2.42. The largest absolute Gasteiger partial charge is 0.481 e. The van der Waals surface area contributed by atoms with Gasteiger partial charge in [0.1, 0.15) is 0 Å². The maximum atomic E-state index is 11.5. The summed E-state index contributed by atoms with van der Waals surface area (Å²) in [4.78, 5) is 14.0. The summed E-state index contributed by atoms with van der Waals surface area (Å²) in [6.07, 6.45) is 2.81. The van der Waals surface area contributed by atoms with Crippen LogP contribution >= 0.6 is 11.8 Å². The summed E-state index contributed by atoms with van der Waals surface area (Å²) in [7, 11) is 0. The van der Waals surface area contributed by atoms with E-state index in [0.717, 1.165) is 31.7 Å². The van der Waals surface area contributed by atoms with Crippen molar-refractivity contribution < 1.29 is 9.90 Å². The molecule has 0 aliphatic carbocycles. The van der Waals surface area contributed by atoms with Crippen LogP contribution < -0.4 is 0 Å². The Morgan fingerprint density at radius 1 is 1.44 bits per heavy atom. The van der Waals surface area contributed by atoms with Gasteiger partial charge in [-0.05, 0) is 37.0 Å². The van der Waals surface area contributed by atoms with Crippen LogP contribution in [0.4, 0.5) is 0 Å². The molecule has 0 radical (unpaired) electrons. The van der Waals surface area contributed by atoms with Crippen molar-refractivity contribution in [3.8, 4) is 0 Å². The highest BCUT2D eigenvalue weighted by Gasteiger charge is 2.48. The van der Waals surface area contributed by atoms with Gasteiger partial charge in [-0.1, -0.05) is 20.8 Å². The molecule has 0 aromatic heterocycles. The summed E-state index contributed by atoms with van der Waals surface area (Å²) in [5.41, 5.74) is -0.161. The first-order valence-electron chi connectivity index (χ1n) is 6.96. The maximum absolute atomic E-state index is 11.5. The predicted octanol–water partition coefficient (Wildman–Crippen LogP) is 2.70. The van der Waals surface area contributed by atoms with Gasteiger partial charge in [-0.2, -0.15) is 11.8 Å². The van der Waals surface area contributed by atoms with Crippen molar-refractivity contribution in [2.45, 2.75) is 46.1 Å². The molecule has 0 saturated carbocycles. The van der Waals surface area contributed by atoms with Gasteiger partial charge < -0.3 is 5.11 Å². The zero-order valence-corrected chi connectivity index (χ0v) is 12.6. The fourth-order valence-corrected chi connectivity index (χ4v) is 5.03. The molecule has 1 N–H and O–H groups in total. The van der Waals surface area contributed by atoms with Gasteiger partial charge in [0, 0.05) is 18.3 Å². The van der Waals surface area contributed by atoms with Crippen LogP contribution in [-0.2, 0) is 4.79 Å². The third-order valence-electron chi connectivity index (χ3n) is 5.02. The smallest absolute Gasteiger partial charge is 0.310 e. The minimum Gasteiger partial charge on any atom is -0.481 e. The van der Waals surface area contributed by atoms with E-state index in [1.54, 1.807) is 0 Å². The Bertz CT molecular complexity index is 332. The Labute approximate surface area is 114 Å². The van der Waals surface area contributed by atoms with Crippen molar-refractivity contribution in [3.05, 3.63) is 0 Å². The number of carboxylic acid groups (broad SMARTS) is 1. The molecule has 2 aliphatic heterocycles. The molecule has 0 amide bonds. The van der Waals surface area contributed by atoms with E-state index in [1.165, 1.54) is 12.2 Å². The van der Waals surface area contributed by atoms with Crippen LogP contribution in [0.25, 0.3) is 0 Å². The lowest BCUT2D eigenvalue weighted by Gasteiger charge is -2.44. The van der Waals surface area contributed by atoms with Crippen molar-refractivity contribution in [3.63, 3.8) is 0 Å².